The Kier molecular flexibility index (Phi) is 9.60. The van der Waals surface area contributed by atoms with E-state index < -0.39 is 49.3 Å². The number of alkyl carbamates (subject to hydrolysis) is 1. The Morgan fingerprint density at radius 1 is 1.27 bits per heavy atom. The molecule has 41 heavy (non-hydrogen) atoms. The van der Waals surface area contributed by atoms with Crippen molar-refractivity contribution in [2.24, 2.45) is 11.7 Å². The number of aliphatic hydroxyl groups excluding tert-OH is 1. The van der Waals surface area contributed by atoms with Crippen molar-refractivity contribution < 1.29 is 51.6 Å². The smallest absolute Gasteiger partial charge is 0.407 e. The summed E-state index contributed by atoms with van der Waals surface area (Å²) in [6, 6.07) is 1.59. The van der Waals surface area contributed by atoms with E-state index in [1.807, 2.05) is 0 Å². The highest BCUT2D eigenvalue weighted by atomic mass is 19.3. The summed E-state index contributed by atoms with van der Waals surface area (Å²) >= 11 is 0. The number of alkyl halides is 2. The first-order valence-electron chi connectivity index (χ1n) is 13.0. The fourth-order valence-corrected chi connectivity index (χ4v) is 4.35. The quantitative estimate of drug-likeness (QED) is 0.313. The van der Waals surface area contributed by atoms with Gasteiger partial charge in [-0.2, -0.15) is 8.78 Å². The second-order valence-electron chi connectivity index (χ2n) is 9.75. The zero-order chi connectivity index (χ0) is 29.7. The number of methoxy groups -OCH3 is 1. The van der Waals surface area contributed by atoms with Crippen molar-refractivity contribution >= 4 is 18.0 Å². The molecular formula is C26H32F2N4O9. The number of nitrogens with two attached hydrogens (primary N) is 1. The molecule has 4 N–H and O–H groups in total. The number of aliphatic hydroxyl groups is 1. The fourth-order valence-electron chi connectivity index (χ4n) is 4.35. The van der Waals surface area contributed by atoms with Crippen LogP contribution in [-0.4, -0.2) is 85.1 Å². The molecule has 1 saturated carbocycles. The van der Waals surface area contributed by atoms with Gasteiger partial charge in [0.25, 0.3) is 5.91 Å². The number of carbonyl (C=O) groups excluding carboxylic acids is 3. The number of nitrogens with zero attached hydrogens (tertiary/aromatic N) is 2. The number of amides is 2. The SMILES string of the molecule is COC(=O)N[C@@H]1C[C@@H](C(=O)OCCO)N(C(=O)c2nc(-c3ccc(OC(F)F)c(OCC4CC4)c3)oc2[C@H](C)N)C1. The minimum Gasteiger partial charge on any atom is -0.489 e. The number of nitrogens with one attached hydrogen (secondary N) is 1. The van der Waals surface area contributed by atoms with E-state index in [0.717, 1.165) is 12.8 Å². The number of aromatic nitrogens is 1. The maximum atomic E-state index is 13.8. The second kappa shape index (κ2) is 13.1. The van der Waals surface area contributed by atoms with Gasteiger partial charge in [0.2, 0.25) is 5.89 Å². The Labute approximate surface area is 233 Å². The van der Waals surface area contributed by atoms with Crippen molar-refractivity contribution in [3.63, 3.8) is 0 Å². The summed E-state index contributed by atoms with van der Waals surface area (Å²) in [6.07, 6.45) is 1.24. The predicted octanol–water partition coefficient (Wildman–Crippen LogP) is 2.23. The highest BCUT2D eigenvalue weighted by Gasteiger charge is 2.43. The van der Waals surface area contributed by atoms with E-state index in [4.69, 9.17) is 24.7 Å². The van der Waals surface area contributed by atoms with Gasteiger partial charge in [-0.05, 0) is 43.9 Å². The summed E-state index contributed by atoms with van der Waals surface area (Å²) in [6.45, 7) is -1.93. The maximum Gasteiger partial charge on any atom is 0.407 e. The van der Waals surface area contributed by atoms with Crippen molar-refractivity contribution in [1.82, 2.24) is 15.2 Å². The van der Waals surface area contributed by atoms with E-state index in [2.05, 4.69) is 19.8 Å². The second-order valence-corrected chi connectivity index (χ2v) is 9.75. The number of hydrogen-bond donors (Lipinski definition) is 3. The molecule has 1 aliphatic heterocycles. The van der Waals surface area contributed by atoms with Crippen LogP contribution in [0.4, 0.5) is 13.6 Å². The normalized spacial score (nSPS) is 19.1. The number of oxazole rings is 1. The van der Waals surface area contributed by atoms with Gasteiger partial charge in [0.1, 0.15) is 12.6 Å². The standard InChI is InChI=1S/C26H32F2N4O9/c1-13(29)21-20(23(34)32-11-16(30-26(36)37-2)10-17(32)24(35)38-8-7-33)31-22(41-21)15-5-6-18(40-25(27)28)19(9-15)39-12-14-3-4-14/h5-6,9,13-14,16-17,25,33H,3-4,7-8,10-12,29H2,1-2H3,(H,30,36)/t13-,16+,17-/m0/s1. The number of halogens is 2. The van der Waals surface area contributed by atoms with Gasteiger partial charge in [0, 0.05) is 18.5 Å². The number of hydrogen-bond acceptors (Lipinski definition) is 11. The topological polar surface area (TPSA) is 176 Å². The van der Waals surface area contributed by atoms with Crippen LogP contribution in [0.3, 0.4) is 0 Å². The molecule has 13 nitrogen and oxygen atoms in total. The molecular weight excluding hydrogens is 550 g/mol. The molecule has 3 atom stereocenters. The van der Waals surface area contributed by atoms with Gasteiger partial charge in [-0.25, -0.2) is 14.6 Å². The Morgan fingerprint density at radius 3 is 2.66 bits per heavy atom. The third-order valence-electron chi connectivity index (χ3n) is 6.52. The third kappa shape index (κ3) is 7.41. The molecule has 2 heterocycles. The van der Waals surface area contributed by atoms with Gasteiger partial charge in [-0.3, -0.25) is 4.79 Å². The molecule has 0 unspecified atom stereocenters. The zero-order valence-corrected chi connectivity index (χ0v) is 22.5. The molecule has 0 radical (unpaired) electrons. The zero-order valence-electron chi connectivity index (χ0n) is 22.5. The van der Waals surface area contributed by atoms with Crippen molar-refractivity contribution in [3.05, 3.63) is 29.7 Å². The lowest BCUT2D eigenvalue weighted by molar-refractivity contribution is -0.149. The maximum absolute atomic E-state index is 13.8. The summed E-state index contributed by atoms with van der Waals surface area (Å²) in [5, 5.41) is 11.6. The molecule has 2 amide bonds. The highest BCUT2D eigenvalue weighted by Crippen LogP contribution is 2.37. The lowest BCUT2D eigenvalue weighted by Crippen LogP contribution is -2.43. The van der Waals surface area contributed by atoms with Crippen molar-refractivity contribution in [1.29, 1.82) is 0 Å². The van der Waals surface area contributed by atoms with Crippen LogP contribution in [-0.2, 0) is 14.3 Å². The number of rotatable bonds is 12. The van der Waals surface area contributed by atoms with Crippen LogP contribution in [0, 0.1) is 5.92 Å². The van der Waals surface area contributed by atoms with E-state index in [-0.39, 0.29) is 48.4 Å². The van der Waals surface area contributed by atoms with Crippen LogP contribution < -0.4 is 20.5 Å². The monoisotopic (exact) mass is 582 g/mol. The van der Waals surface area contributed by atoms with Crippen LogP contribution in [0.15, 0.2) is 22.6 Å². The summed E-state index contributed by atoms with van der Waals surface area (Å²) in [5.41, 5.74) is 6.22. The van der Waals surface area contributed by atoms with E-state index >= 15 is 0 Å². The first kappa shape index (κ1) is 30.0. The number of likely N-dealkylation sites (tertiary alicyclic amines) is 1. The Balaban J connectivity index is 1.64. The van der Waals surface area contributed by atoms with Gasteiger partial charge in [0.15, 0.2) is 23.0 Å². The van der Waals surface area contributed by atoms with Crippen molar-refractivity contribution in [3.8, 4) is 23.0 Å². The average Bonchev–Trinajstić information content (AvgIpc) is 3.50. The van der Waals surface area contributed by atoms with E-state index in [1.54, 1.807) is 6.92 Å². The van der Waals surface area contributed by atoms with Gasteiger partial charge in [0.05, 0.1) is 32.4 Å². The van der Waals surface area contributed by atoms with E-state index in [0.29, 0.717) is 18.1 Å². The van der Waals surface area contributed by atoms with Gasteiger partial charge in [-0.1, -0.05) is 0 Å². The predicted molar refractivity (Wildman–Crippen MR) is 136 cm³/mol. The first-order valence-corrected chi connectivity index (χ1v) is 13.0. The molecule has 2 aromatic rings. The molecule has 0 spiro atoms. The summed E-state index contributed by atoms with van der Waals surface area (Å²) in [7, 11) is 1.18. The third-order valence-corrected chi connectivity index (χ3v) is 6.52. The van der Waals surface area contributed by atoms with Crippen LogP contribution in [0.25, 0.3) is 11.5 Å². The number of ether oxygens (including phenoxy) is 4. The summed E-state index contributed by atoms with van der Waals surface area (Å²) in [5.74, 6) is -1.27. The molecule has 2 aliphatic rings. The minimum absolute atomic E-state index is 0.0187. The number of esters is 1. The molecule has 1 aliphatic carbocycles. The summed E-state index contributed by atoms with van der Waals surface area (Å²) in [4.78, 5) is 43.8. The van der Waals surface area contributed by atoms with Crippen LogP contribution in [0.5, 0.6) is 11.5 Å². The Bertz CT molecular complexity index is 1250. The minimum atomic E-state index is -3.06. The number of benzene rings is 1. The lowest BCUT2D eigenvalue weighted by Gasteiger charge is -2.22. The molecule has 224 valence electrons. The molecule has 15 heteroatoms. The lowest BCUT2D eigenvalue weighted by atomic mass is 10.1. The Hall–Kier alpha value is -3.98. The van der Waals surface area contributed by atoms with Gasteiger partial charge in [-0.15, -0.1) is 0 Å². The Morgan fingerprint density at radius 2 is 2.02 bits per heavy atom. The molecule has 1 saturated heterocycles. The van der Waals surface area contributed by atoms with Crippen molar-refractivity contribution in [2.45, 2.75) is 50.9 Å². The van der Waals surface area contributed by atoms with Crippen LogP contribution >= 0.6 is 0 Å². The van der Waals surface area contributed by atoms with Crippen molar-refractivity contribution in [2.75, 3.05) is 33.5 Å². The molecule has 2 fully saturated rings. The molecule has 1 aromatic heterocycles. The van der Waals surface area contributed by atoms with Gasteiger partial charge < -0.3 is 44.4 Å². The van der Waals surface area contributed by atoms with E-state index in [1.165, 1.54) is 30.2 Å². The molecule has 4 rings (SSSR count). The number of carbonyl (C=O) groups is 3. The van der Waals surface area contributed by atoms with E-state index in [9.17, 15) is 23.2 Å². The first-order chi connectivity index (χ1) is 19.6. The summed E-state index contributed by atoms with van der Waals surface area (Å²) < 4.78 is 51.7. The average molecular weight is 583 g/mol. The van der Waals surface area contributed by atoms with Gasteiger partial charge >= 0.3 is 18.7 Å². The highest BCUT2D eigenvalue weighted by molar-refractivity contribution is 5.97. The largest absolute Gasteiger partial charge is 0.489 e. The fraction of sp³-hybridized carbons (Fsp3) is 0.538. The molecule has 1 aromatic carbocycles. The van der Waals surface area contributed by atoms with Crippen LogP contribution in [0.1, 0.15) is 48.5 Å². The van der Waals surface area contributed by atoms with Crippen LogP contribution in [0.2, 0.25) is 0 Å². The molecule has 0 bridgehead atoms.